The van der Waals surface area contributed by atoms with Gasteiger partial charge in [0, 0.05) is 12.6 Å². The van der Waals surface area contributed by atoms with Gasteiger partial charge < -0.3 is 15.2 Å². The summed E-state index contributed by atoms with van der Waals surface area (Å²) < 4.78 is 5.49. The summed E-state index contributed by atoms with van der Waals surface area (Å²) in [6, 6.07) is 10.1. The third kappa shape index (κ3) is 4.36. The van der Waals surface area contributed by atoms with Crippen LogP contribution in [0.15, 0.2) is 30.3 Å². The van der Waals surface area contributed by atoms with Gasteiger partial charge in [-0.3, -0.25) is 0 Å². The molecule has 0 aliphatic heterocycles. The first-order valence-corrected chi connectivity index (χ1v) is 6.35. The molecule has 1 aromatic carbocycles. The summed E-state index contributed by atoms with van der Waals surface area (Å²) in [5.41, 5.74) is 0. The predicted octanol–water partition coefficient (Wildman–Crippen LogP) is 1.81. The average molecular weight is 235 g/mol. The minimum absolute atomic E-state index is 0.342. The summed E-state index contributed by atoms with van der Waals surface area (Å²) in [6.45, 7) is 3.13. The summed E-state index contributed by atoms with van der Waals surface area (Å²) in [6.07, 6.45) is 2.20. The van der Waals surface area contributed by atoms with E-state index in [1.54, 1.807) is 0 Å². The summed E-state index contributed by atoms with van der Waals surface area (Å²) >= 11 is 0. The van der Waals surface area contributed by atoms with Crippen LogP contribution in [-0.4, -0.2) is 30.4 Å². The van der Waals surface area contributed by atoms with Crippen molar-refractivity contribution in [1.82, 2.24) is 5.32 Å². The fraction of sp³-hybridized carbons (Fsp3) is 0.571. The second-order valence-corrected chi connectivity index (χ2v) is 4.81. The van der Waals surface area contributed by atoms with Gasteiger partial charge in [0.1, 0.15) is 18.5 Å². The van der Waals surface area contributed by atoms with Crippen LogP contribution in [0.25, 0.3) is 0 Å². The zero-order chi connectivity index (χ0) is 12.1. The highest BCUT2D eigenvalue weighted by Crippen LogP contribution is 2.32. The van der Waals surface area contributed by atoms with Crippen LogP contribution in [-0.2, 0) is 0 Å². The Morgan fingerprint density at radius 1 is 1.35 bits per heavy atom. The Bertz CT molecular complexity index is 324. The van der Waals surface area contributed by atoms with Gasteiger partial charge in [0.05, 0.1) is 0 Å². The SMILES string of the molecule is CC(NCC(O)COc1ccccc1)C1CC1. The highest BCUT2D eigenvalue weighted by atomic mass is 16.5. The number of aliphatic hydroxyl groups excluding tert-OH is 1. The molecular weight excluding hydrogens is 214 g/mol. The first kappa shape index (κ1) is 12.4. The highest BCUT2D eigenvalue weighted by molar-refractivity contribution is 5.20. The van der Waals surface area contributed by atoms with Crippen LogP contribution >= 0.6 is 0 Å². The Morgan fingerprint density at radius 2 is 2.06 bits per heavy atom. The third-order valence-corrected chi connectivity index (χ3v) is 3.19. The molecule has 0 amide bonds. The van der Waals surface area contributed by atoms with Crippen molar-refractivity contribution in [3.8, 4) is 5.75 Å². The standard InChI is InChI=1S/C14H21NO2/c1-11(12-7-8-12)15-9-13(16)10-17-14-5-3-2-4-6-14/h2-6,11-13,15-16H,7-10H2,1H3. The van der Waals surface area contributed by atoms with Crippen LogP contribution < -0.4 is 10.1 Å². The van der Waals surface area contributed by atoms with E-state index < -0.39 is 6.10 Å². The lowest BCUT2D eigenvalue weighted by Crippen LogP contribution is -2.37. The molecule has 1 saturated carbocycles. The molecule has 1 aliphatic rings. The smallest absolute Gasteiger partial charge is 0.119 e. The molecule has 17 heavy (non-hydrogen) atoms. The molecule has 2 unspecified atom stereocenters. The molecule has 0 aromatic heterocycles. The van der Waals surface area contributed by atoms with Crippen LogP contribution in [0.5, 0.6) is 5.75 Å². The largest absolute Gasteiger partial charge is 0.491 e. The molecule has 0 saturated heterocycles. The van der Waals surface area contributed by atoms with Gasteiger partial charge in [-0.2, -0.15) is 0 Å². The topological polar surface area (TPSA) is 41.5 Å². The number of benzene rings is 1. The zero-order valence-corrected chi connectivity index (χ0v) is 10.3. The molecule has 2 rings (SSSR count). The van der Waals surface area contributed by atoms with Gasteiger partial charge in [0.25, 0.3) is 0 Å². The highest BCUT2D eigenvalue weighted by Gasteiger charge is 2.27. The van der Waals surface area contributed by atoms with Gasteiger partial charge in [0.15, 0.2) is 0 Å². The Labute approximate surface area is 103 Å². The van der Waals surface area contributed by atoms with E-state index in [0.717, 1.165) is 11.7 Å². The molecule has 3 heteroatoms. The molecule has 0 radical (unpaired) electrons. The van der Waals surface area contributed by atoms with E-state index in [0.29, 0.717) is 19.2 Å². The van der Waals surface area contributed by atoms with E-state index in [4.69, 9.17) is 4.74 Å². The summed E-state index contributed by atoms with van der Waals surface area (Å²) in [4.78, 5) is 0. The normalized spacial score (nSPS) is 18.7. The van der Waals surface area contributed by atoms with Crippen LogP contribution in [0.2, 0.25) is 0 Å². The van der Waals surface area contributed by atoms with Crippen LogP contribution in [0.3, 0.4) is 0 Å². The second kappa shape index (κ2) is 6.03. The lowest BCUT2D eigenvalue weighted by atomic mass is 10.2. The fourth-order valence-electron chi connectivity index (χ4n) is 1.85. The Kier molecular flexibility index (Phi) is 4.40. The molecule has 0 spiro atoms. The second-order valence-electron chi connectivity index (χ2n) is 4.81. The van der Waals surface area contributed by atoms with Crippen molar-refractivity contribution in [2.75, 3.05) is 13.2 Å². The van der Waals surface area contributed by atoms with E-state index in [-0.39, 0.29) is 0 Å². The van der Waals surface area contributed by atoms with Crippen molar-refractivity contribution in [2.24, 2.45) is 5.92 Å². The zero-order valence-electron chi connectivity index (χ0n) is 10.3. The minimum atomic E-state index is -0.448. The van der Waals surface area contributed by atoms with Crippen molar-refractivity contribution in [1.29, 1.82) is 0 Å². The fourth-order valence-corrected chi connectivity index (χ4v) is 1.85. The number of para-hydroxylation sites is 1. The van der Waals surface area contributed by atoms with Gasteiger partial charge in [-0.05, 0) is 37.8 Å². The van der Waals surface area contributed by atoms with Gasteiger partial charge in [-0.1, -0.05) is 18.2 Å². The van der Waals surface area contributed by atoms with Crippen molar-refractivity contribution < 1.29 is 9.84 Å². The number of aliphatic hydroxyl groups is 1. The first-order chi connectivity index (χ1) is 8.25. The lowest BCUT2D eigenvalue weighted by Gasteiger charge is -2.17. The van der Waals surface area contributed by atoms with E-state index in [1.165, 1.54) is 12.8 Å². The van der Waals surface area contributed by atoms with Crippen molar-refractivity contribution in [3.05, 3.63) is 30.3 Å². The molecule has 1 fully saturated rings. The summed E-state index contributed by atoms with van der Waals surface area (Å²) in [5, 5.41) is 13.1. The average Bonchev–Trinajstić information content (AvgIpc) is 3.19. The maximum Gasteiger partial charge on any atom is 0.119 e. The molecule has 1 aliphatic carbocycles. The molecule has 3 nitrogen and oxygen atoms in total. The number of rotatable bonds is 7. The maximum atomic E-state index is 9.77. The molecule has 0 bridgehead atoms. The van der Waals surface area contributed by atoms with E-state index in [9.17, 15) is 5.11 Å². The number of nitrogens with one attached hydrogen (secondary N) is 1. The maximum absolute atomic E-state index is 9.77. The number of ether oxygens (including phenoxy) is 1. The third-order valence-electron chi connectivity index (χ3n) is 3.19. The van der Waals surface area contributed by atoms with E-state index in [1.807, 2.05) is 30.3 Å². The lowest BCUT2D eigenvalue weighted by molar-refractivity contribution is 0.103. The monoisotopic (exact) mass is 235 g/mol. The Hall–Kier alpha value is -1.06. The molecule has 2 N–H and O–H groups in total. The quantitative estimate of drug-likeness (QED) is 0.757. The number of hydrogen-bond acceptors (Lipinski definition) is 3. The Balaban J connectivity index is 1.61. The predicted molar refractivity (Wildman–Crippen MR) is 68.1 cm³/mol. The van der Waals surface area contributed by atoms with Gasteiger partial charge in [0.2, 0.25) is 0 Å². The van der Waals surface area contributed by atoms with Crippen LogP contribution in [0.1, 0.15) is 19.8 Å². The van der Waals surface area contributed by atoms with Gasteiger partial charge in [-0.25, -0.2) is 0 Å². The van der Waals surface area contributed by atoms with Crippen LogP contribution in [0, 0.1) is 5.92 Å². The molecule has 0 heterocycles. The molecule has 1 aromatic rings. The van der Waals surface area contributed by atoms with Gasteiger partial charge >= 0.3 is 0 Å². The van der Waals surface area contributed by atoms with Crippen molar-refractivity contribution in [2.45, 2.75) is 31.9 Å². The molecular formula is C14H21NO2. The number of hydrogen-bond donors (Lipinski definition) is 2. The summed E-state index contributed by atoms with van der Waals surface area (Å²) in [5.74, 6) is 1.62. The molecule has 94 valence electrons. The van der Waals surface area contributed by atoms with Crippen molar-refractivity contribution >= 4 is 0 Å². The Morgan fingerprint density at radius 3 is 2.71 bits per heavy atom. The molecule has 2 atom stereocenters. The van der Waals surface area contributed by atoms with Crippen LogP contribution in [0.4, 0.5) is 0 Å². The van der Waals surface area contributed by atoms with E-state index >= 15 is 0 Å². The first-order valence-electron chi connectivity index (χ1n) is 6.35. The van der Waals surface area contributed by atoms with Gasteiger partial charge in [-0.15, -0.1) is 0 Å². The summed E-state index contributed by atoms with van der Waals surface area (Å²) in [7, 11) is 0. The minimum Gasteiger partial charge on any atom is -0.491 e. The van der Waals surface area contributed by atoms with E-state index in [2.05, 4.69) is 12.2 Å². The van der Waals surface area contributed by atoms with Crippen molar-refractivity contribution in [3.63, 3.8) is 0 Å².